The molecule has 0 amide bonds. The first-order chi connectivity index (χ1) is 6.47. The third-order valence-corrected chi connectivity index (χ3v) is 3.46. The summed E-state index contributed by atoms with van der Waals surface area (Å²) >= 11 is 4.66. The molecule has 0 saturated carbocycles. The lowest BCUT2D eigenvalue weighted by molar-refractivity contribution is 0.670. The molecular formula is C13H20S. The Bertz CT molecular complexity index is 283. The number of hydrogen-bond acceptors (Lipinski definition) is 1. The van der Waals surface area contributed by atoms with Crippen molar-refractivity contribution in [1.82, 2.24) is 0 Å². The van der Waals surface area contributed by atoms with Gasteiger partial charge >= 0.3 is 0 Å². The molecule has 0 bridgehead atoms. The van der Waals surface area contributed by atoms with E-state index in [1.165, 1.54) is 11.1 Å². The highest BCUT2D eigenvalue weighted by molar-refractivity contribution is 7.81. The Morgan fingerprint density at radius 3 is 2.07 bits per heavy atom. The molecule has 0 aliphatic carbocycles. The number of benzene rings is 1. The average Bonchev–Trinajstić information content (AvgIpc) is 2.18. The van der Waals surface area contributed by atoms with Crippen LogP contribution < -0.4 is 0 Å². The normalized spacial score (nSPS) is 15.6. The highest BCUT2D eigenvalue weighted by atomic mass is 32.1. The molecule has 1 atom stereocenters. The van der Waals surface area contributed by atoms with Crippen molar-refractivity contribution in [1.29, 1.82) is 0 Å². The molecule has 0 aliphatic heterocycles. The fraction of sp³-hybridized carbons (Fsp3) is 0.538. The summed E-state index contributed by atoms with van der Waals surface area (Å²) in [6, 6.07) is 8.83. The maximum Gasteiger partial charge on any atom is 0.0347 e. The summed E-state index contributed by atoms with van der Waals surface area (Å²) < 4.78 is 0.00943. The van der Waals surface area contributed by atoms with Crippen molar-refractivity contribution < 1.29 is 0 Å². The Morgan fingerprint density at radius 2 is 1.71 bits per heavy atom. The Kier molecular flexibility index (Phi) is 3.65. The van der Waals surface area contributed by atoms with E-state index in [1.54, 1.807) is 0 Å². The number of rotatable bonds is 3. The summed E-state index contributed by atoms with van der Waals surface area (Å²) in [4.78, 5) is 0. The third kappa shape index (κ3) is 2.54. The molecule has 0 unspecified atom stereocenters. The SMILES string of the molecule is CC[C@@](C)(S)c1ccc(C(C)C)cc1. The van der Waals surface area contributed by atoms with Crippen molar-refractivity contribution in [3.63, 3.8) is 0 Å². The Morgan fingerprint density at radius 1 is 1.21 bits per heavy atom. The number of hydrogen-bond donors (Lipinski definition) is 1. The van der Waals surface area contributed by atoms with Gasteiger partial charge < -0.3 is 0 Å². The van der Waals surface area contributed by atoms with Gasteiger partial charge in [-0.15, -0.1) is 0 Å². The summed E-state index contributed by atoms with van der Waals surface area (Å²) in [5.41, 5.74) is 2.71. The molecule has 1 heteroatoms. The van der Waals surface area contributed by atoms with E-state index in [0.29, 0.717) is 5.92 Å². The van der Waals surface area contributed by atoms with Crippen LogP contribution in [0.15, 0.2) is 24.3 Å². The Hall–Kier alpha value is -0.430. The van der Waals surface area contributed by atoms with Gasteiger partial charge in [0.2, 0.25) is 0 Å². The number of thiol groups is 1. The summed E-state index contributed by atoms with van der Waals surface area (Å²) in [5, 5.41) is 0. The topological polar surface area (TPSA) is 0 Å². The maximum absolute atomic E-state index is 4.66. The van der Waals surface area contributed by atoms with E-state index in [4.69, 9.17) is 0 Å². The van der Waals surface area contributed by atoms with Crippen molar-refractivity contribution in [3.05, 3.63) is 35.4 Å². The van der Waals surface area contributed by atoms with Crippen molar-refractivity contribution in [2.45, 2.75) is 44.8 Å². The first kappa shape index (κ1) is 11.6. The summed E-state index contributed by atoms with van der Waals surface area (Å²) in [5.74, 6) is 0.608. The molecular weight excluding hydrogens is 188 g/mol. The monoisotopic (exact) mass is 208 g/mol. The van der Waals surface area contributed by atoms with E-state index in [9.17, 15) is 0 Å². The van der Waals surface area contributed by atoms with E-state index in [0.717, 1.165) is 6.42 Å². The van der Waals surface area contributed by atoms with E-state index in [1.807, 2.05) is 0 Å². The predicted octanol–water partition coefficient (Wildman–Crippen LogP) is 4.37. The highest BCUT2D eigenvalue weighted by Gasteiger charge is 2.18. The highest BCUT2D eigenvalue weighted by Crippen LogP contribution is 2.31. The molecule has 0 spiro atoms. The van der Waals surface area contributed by atoms with Gasteiger partial charge in [-0.25, -0.2) is 0 Å². The van der Waals surface area contributed by atoms with Crippen molar-refractivity contribution in [3.8, 4) is 0 Å². The average molecular weight is 208 g/mol. The lowest BCUT2D eigenvalue weighted by Crippen LogP contribution is -2.11. The zero-order chi connectivity index (χ0) is 10.8. The van der Waals surface area contributed by atoms with Gasteiger partial charge in [-0.3, -0.25) is 0 Å². The molecule has 0 nitrogen and oxygen atoms in total. The van der Waals surface area contributed by atoms with Gasteiger partial charge in [0.15, 0.2) is 0 Å². The van der Waals surface area contributed by atoms with Crippen LogP contribution in [-0.4, -0.2) is 0 Å². The zero-order valence-electron chi connectivity index (χ0n) is 9.54. The van der Waals surface area contributed by atoms with Crippen molar-refractivity contribution >= 4 is 12.6 Å². The van der Waals surface area contributed by atoms with Gasteiger partial charge in [-0.05, 0) is 30.4 Å². The van der Waals surface area contributed by atoms with Gasteiger partial charge in [-0.2, -0.15) is 12.6 Å². The van der Waals surface area contributed by atoms with Crippen LogP contribution in [0.25, 0.3) is 0 Å². The summed E-state index contributed by atoms with van der Waals surface area (Å²) in [6.07, 6.45) is 1.05. The van der Waals surface area contributed by atoms with Crippen molar-refractivity contribution in [2.75, 3.05) is 0 Å². The fourth-order valence-electron chi connectivity index (χ4n) is 1.43. The Balaban J connectivity index is 2.94. The van der Waals surface area contributed by atoms with Gasteiger partial charge in [0, 0.05) is 4.75 Å². The lowest BCUT2D eigenvalue weighted by Gasteiger charge is -2.22. The molecule has 1 aromatic carbocycles. The summed E-state index contributed by atoms with van der Waals surface area (Å²) in [6.45, 7) is 8.77. The Labute approximate surface area is 93.1 Å². The van der Waals surface area contributed by atoms with Crippen LogP contribution in [0.2, 0.25) is 0 Å². The molecule has 0 saturated heterocycles. The minimum atomic E-state index is 0.00943. The maximum atomic E-state index is 4.66. The van der Waals surface area contributed by atoms with Gasteiger partial charge in [-0.1, -0.05) is 45.0 Å². The van der Waals surface area contributed by atoms with Crippen LogP contribution >= 0.6 is 12.6 Å². The molecule has 0 radical (unpaired) electrons. The molecule has 0 fully saturated rings. The molecule has 1 aromatic rings. The van der Waals surface area contributed by atoms with Crippen LogP contribution in [0.3, 0.4) is 0 Å². The second-order valence-corrected chi connectivity index (χ2v) is 5.39. The first-order valence-electron chi connectivity index (χ1n) is 5.30. The quantitative estimate of drug-likeness (QED) is 0.701. The molecule has 78 valence electrons. The molecule has 1 rings (SSSR count). The predicted molar refractivity (Wildman–Crippen MR) is 67.2 cm³/mol. The standard InChI is InChI=1S/C13H20S/c1-5-13(4,14)12-8-6-11(7-9-12)10(2)3/h6-10,14H,5H2,1-4H3/t13-/m1/s1. The van der Waals surface area contributed by atoms with E-state index >= 15 is 0 Å². The zero-order valence-corrected chi connectivity index (χ0v) is 10.4. The van der Waals surface area contributed by atoms with Crippen LogP contribution in [-0.2, 0) is 4.75 Å². The molecule has 0 aliphatic rings. The molecule has 0 N–H and O–H groups in total. The van der Waals surface area contributed by atoms with Crippen LogP contribution in [0, 0.1) is 0 Å². The van der Waals surface area contributed by atoms with Gasteiger partial charge in [0.25, 0.3) is 0 Å². The minimum Gasteiger partial charge on any atom is -0.168 e. The van der Waals surface area contributed by atoms with Crippen LogP contribution in [0.4, 0.5) is 0 Å². The smallest absolute Gasteiger partial charge is 0.0347 e. The second-order valence-electron chi connectivity index (χ2n) is 4.40. The van der Waals surface area contributed by atoms with Crippen molar-refractivity contribution in [2.24, 2.45) is 0 Å². The minimum absolute atomic E-state index is 0.00943. The first-order valence-corrected chi connectivity index (χ1v) is 5.75. The largest absolute Gasteiger partial charge is 0.168 e. The lowest BCUT2D eigenvalue weighted by atomic mass is 9.94. The van der Waals surface area contributed by atoms with Gasteiger partial charge in [0.05, 0.1) is 0 Å². The fourth-order valence-corrected chi connectivity index (χ4v) is 1.58. The summed E-state index contributed by atoms with van der Waals surface area (Å²) in [7, 11) is 0. The van der Waals surface area contributed by atoms with Crippen LogP contribution in [0.5, 0.6) is 0 Å². The molecule has 0 heterocycles. The van der Waals surface area contributed by atoms with Crippen LogP contribution in [0.1, 0.15) is 51.2 Å². The second kappa shape index (κ2) is 4.39. The van der Waals surface area contributed by atoms with E-state index in [-0.39, 0.29) is 4.75 Å². The van der Waals surface area contributed by atoms with E-state index in [2.05, 4.69) is 64.6 Å². The third-order valence-electron chi connectivity index (χ3n) is 2.89. The molecule has 14 heavy (non-hydrogen) atoms. The van der Waals surface area contributed by atoms with E-state index < -0.39 is 0 Å². The van der Waals surface area contributed by atoms with Gasteiger partial charge in [0.1, 0.15) is 0 Å². The molecule has 0 aromatic heterocycles.